The number of nitrogens with zero attached hydrogens (tertiary/aromatic N) is 1. The van der Waals surface area contributed by atoms with Gasteiger partial charge in [-0.1, -0.05) is 35.9 Å². The van der Waals surface area contributed by atoms with Gasteiger partial charge in [0.2, 0.25) is 5.91 Å². The van der Waals surface area contributed by atoms with Crippen LogP contribution < -0.4 is 10.6 Å². The number of anilines is 2. The molecular weight excluding hydrogens is 549 g/mol. The van der Waals surface area contributed by atoms with E-state index < -0.39 is 27.6 Å². The minimum atomic E-state index is -3.53. The van der Waals surface area contributed by atoms with Gasteiger partial charge in [-0.25, -0.2) is 17.6 Å². The maximum absolute atomic E-state index is 15.0. The van der Waals surface area contributed by atoms with Crippen LogP contribution in [0.4, 0.5) is 20.6 Å². The third kappa shape index (κ3) is 6.97. The molecule has 0 radical (unpaired) electrons. The Morgan fingerprint density at radius 3 is 2.39 bits per heavy atom. The molecule has 196 valence electrons. The number of rotatable bonds is 8. The Morgan fingerprint density at radius 1 is 1.00 bits per heavy atom. The van der Waals surface area contributed by atoms with Crippen LogP contribution in [0.15, 0.2) is 88.5 Å². The first-order valence-electron chi connectivity index (χ1n) is 11.3. The maximum atomic E-state index is 15.0. The van der Waals surface area contributed by atoms with Crippen molar-refractivity contribution in [3.63, 3.8) is 0 Å². The molecule has 0 fully saturated rings. The third-order valence-corrected chi connectivity index (χ3v) is 7.65. The molecule has 0 aliphatic carbocycles. The number of thiophene rings is 1. The van der Waals surface area contributed by atoms with Crippen LogP contribution in [0, 0.1) is 5.82 Å². The predicted octanol–water partition coefficient (Wildman–Crippen LogP) is 6.28. The smallest absolute Gasteiger partial charge is 0.322 e. The molecule has 4 aromatic rings. The first kappa shape index (κ1) is 27.3. The fourth-order valence-corrected chi connectivity index (χ4v) is 5.41. The number of benzene rings is 3. The topological polar surface area (TPSA) is 95.6 Å². The quantitative estimate of drug-likeness (QED) is 0.260. The van der Waals surface area contributed by atoms with Crippen molar-refractivity contribution in [2.45, 2.75) is 11.4 Å². The van der Waals surface area contributed by atoms with E-state index >= 15 is 0 Å². The molecule has 0 atom stereocenters. The van der Waals surface area contributed by atoms with Crippen molar-refractivity contribution in [1.82, 2.24) is 4.90 Å². The summed E-state index contributed by atoms with van der Waals surface area (Å²) in [7, 11) is -3.53. The van der Waals surface area contributed by atoms with Crippen molar-refractivity contribution in [3.8, 4) is 11.1 Å². The molecule has 0 aliphatic rings. The van der Waals surface area contributed by atoms with Crippen LogP contribution in [0.5, 0.6) is 0 Å². The van der Waals surface area contributed by atoms with E-state index in [0.717, 1.165) is 17.9 Å². The Bertz CT molecular complexity index is 1560. The Morgan fingerprint density at radius 2 is 1.74 bits per heavy atom. The minimum Gasteiger partial charge on any atom is -0.322 e. The van der Waals surface area contributed by atoms with Gasteiger partial charge in [-0.05, 0) is 70.4 Å². The molecule has 0 bridgehead atoms. The van der Waals surface area contributed by atoms with Crippen molar-refractivity contribution in [3.05, 3.63) is 100.0 Å². The van der Waals surface area contributed by atoms with E-state index in [0.29, 0.717) is 21.8 Å². The standard InChI is InChI=1S/C27H23ClFN3O4S2/c1-38(35,36)25-5-3-2-4-22(25)19-6-11-24(23(29)14-19)31-26(33)16-32(15-18-12-13-37-17-18)27(34)30-21-9-7-20(28)8-10-21/h2-14,17H,15-16H2,1H3,(H,30,34)(H,31,33). The van der Waals surface area contributed by atoms with Crippen LogP contribution >= 0.6 is 22.9 Å². The Labute approximate surface area is 228 Å². The van der Waals surface area contributed by atoms with Crippen molar-refractivity contribution in [2.24, 2.45) is 0 Å². The molecule has 4 rings (SSSR count). The van der Waals surface area contributed by atoms with Gasteiger partial charge in [0, 0.05) is 29.1 Å². The number of urea groups is 1. The van der Waals surface area contributed by atoms with E-state index in [4.69, 9.17) is 11.6 Å². The van der Waals surface area contributed by atoms with Gasteiger partial charge in [-0.3, -0.25) is 4.79 Å². The summed E-state index contributed by atoms with van der Waals surface area (Å²) in [6.45, 7) is -0.173. The minimum absolute atomic E-state index is 0.0759. The molecular formula is C27H23ClFN3O4S2. The summed E-state index contributed by atoms with van der Waals surface area (Å²) in [6.07, 6.45) is 1.09. The number of nitrogens with one attached hydrogen (secondary N) is 2. The molecule has 7 nitrogen and oxygen atoms in total. The second-order valence-electron chi connectivity index (χ2n) is 8.44. The number of carbonyl (C=O) groups is 2. The molecule has 1 aromatic heterocycles. The number of amides is 3. The molecule has 2 N–H and O–H groups in total. The lowest BCUT2D eigenvalue weighted by molar-refractivity contribution is -0.116. The van der Waals surface area contributed by atoms with Gasteiger partial charge in [-0.15, -0.1) is 0 Å². The van der Waals surface area contributed by atoms with Crippen molar-refractivity contribution in [1.29, 1.82) is 0 Å². The zero-order valence-electron chi connectivity index (χ0n) is 20.1. The van der Waals surface area contributed by atoms with Gasteiger partial charge < -0.3 is 15.5 Å². The van der Waals surface area contributed by atoms with Gasteiger partial charge in [0.05, 0.1) is 10.6 Å². The summed E-state index contributed by atoms with van der Waals surface area (Å²) in [4.78, 5) is 27.2. The molecule has 38 heavy (non-hydrogen) atoms. The molecule has 0 saturated heterocycles. The predicted molar refractivity (Wildman–Crippen MR) is 149 cm³/mol. The Hall–Kier alpha value is -3.73. The highest BCUT2D eigenvalue weighted by molar-refractivity contribution is 7.90. The highest BCUT2D eigenvalue weighted by Gasteiger charge is 2.20. The Balaban J connectivity index is 1.50. The lowest BCUT2D eigenvalue weighted by Crippen LogP contribution is -2.40. The van der Waals surface area contributed by atoms with E-state index in [1.807, 2.05) is 16.8 Å². The zero-order valence-corrected chi connectivity index (χ0v) is 22.5. The highest BCUT2D eigenvalue weighted by atomic mass is 35.5. The number of halogens is 2. The second kappa shape index (κ2) is 11.8. The average Bonchev–Trinajstić information content (AvgIpc) is 3.39. The van der Waals surface area contributed by atoms with Gasteiger partial charge in [0.15, 0.2) is 9.84 Å². The number of hydrogen-bond donors (Lipinski definition) is 2. The summed E-state index contributed by atoms with van der Waals surface area (Å²) in [6, 6.07) is 18.2. The number of sulfone groups is 1. The van der Waals surface area contributed by atoms with E-state index in [2.05, 4.69) is 10.6 Å². The number of hydrogen-bond acceptors (Lipinski definition) is 5. The molecule has 0 saturated carbocycles. The van der Waals surface area contributed by atoms with Crippen molar-refractivity contribution < 1.29 is 22.4 Å². The van der Waals surface area contributed by atoms with Gasteiger partial charge in [-0.2, -0.15) is 11.3 Å². The van der Waals surface area contributed by atoms with E-state index in [-0.39, 0.29) is 23.7 Å². The molecule has 1 heterocycles. The van der Waals surface area contributed by atoms with Crippen LogP contribution in [0.25, 0.3) is 11.1 Å². The largest absolute Gasteiger partial charge is 0.322 e. The van der Waals surface area contributed by atoms with Crippen LogP contribution in [0.2, 0.25) is 5.02 Å². The van der Waals surface area contributed by atoms with Gasteiger partial charge in [0.25, 0.3) is 0 Å². The number of carbonyl (C=O) groups excluding carboxylic acids is 2. The summed E-state index contributed by atoms with van der Waals surface area (Å²) >= 11 is 7.37. The molecule has 11 heteroatoms. The lowest BCUT2D eigenvalue weighted by Gasteiger charge is -2.22. The Kier molecular flexibility index (Phi) is 8.45. The van der Waals surface area contributed by atoms with Crippen LogP contribution in [0.1, 0.15) is 5.56 Å². The molecule has 0 aliphatic heterocycles. The second-order valence-corrected chi connectivity index (χ2v) is 11.6. The molecule has 0 spiro atoms. The first-order chi connectivity index (χ1) is 18.1. The highest BCUT2D eigenvalue weighted by Crippen LogP contribution is 2.30. The SMILES string of the molecule is CS(=O)(=O)c1ccccc1-c1ccc(NC(=O)CN(Cc2ccsc2)C(=O)Nc2ccc(Cl)cc2)c(F)c1. The zero-order chi connectivity index (χ0) is 27.3. The summed E-state index contributed by atoms with van der Waals surface area (Å²) in [5, 5.41) is 9.49. The maximum Gasteiger partial charge on any atom is 0.322 e. The van der Waals surface area contributed by atoms with Gasteiger partial charge >= 0.3 is 6.03 Å². The molecule has 0 unspecified atom stereocenters. The van der Waals surface area contributed by atoms with E-state index in [1.54, 1.807) is 42.5 Å². The molecule has 3 amide bonds. The monoisotopic (exact) mass is 571 g/mol. The summed E-state index contributed by atoms with van der Waals surface area (Å²) < 4.78 is 39.2. The first-order valence-corrected chi connectivity index (χ1v) is 14.5. The van der Waals surface area contributed by atoms with Crippen molar-refractivity contribution >= 4 is 56.1 Å². The molecule has 3 aromatic carbocycles. The fourth-order valence-electron chi connectivity index (χ4n) is 3.71. The third-order valence-electron chi connectivity index (χ3n) is 5.51. The summed E-state index contributed by atoms with van der Waals surface area (Å²) in [5.74, 6) is -1.34. The average molecular weight is 572 g/mol. The van der Waals surface area contributed by atoms with Crippen LogP contribution in [0.3, 0.4) is 0 Å². The fraction of sp³-hybridized carbons (Fsp3) is 0.111. The normalized spacial score (nSPS) is 11.1. The van der Waals surface area contributed by atoms with Crippen LogP contribution in [-0.4, -0.2) is 38.1 Å². The van der Waals surface area contributed by atoms with Crippen molar-refractivity contribution in [2.75, 3.05) is 23.4 Å². The van der Waals surface area contributed by atoms with E-state index in [9.17, 15) is 22.4 Å². The lowest BCUT2D eigenvalue weighted by atomic mass is 10.0. The van der Waals surface area contributed by atoms with Gasteiger partial charge in [0.1, 0.15) is 12.4 Å². The summed E-state index contributed by atoms with van der Waals surface area (Å²) in [5.41, 5.74) is 1.96. The van der Waals surface area contributed by atoms with Crippen LogP contribution in [-0.2, 0) is 21.2 Å². The van der Waals surface area contributed by atoms with E-state index in [1.165, 1.54) is 34.4 Å².